The standard InChI is InChI=1S/C20H25N3O6/c1-13(8-18(24)25)6-7-22-17(20(28)29)9-16-10-21-12-23(16)11-14-2-4-15(5-3-14)19(26)27/h2-5,10,12-13,17,22H,6-9,11H2,1H3,(H,24,25)(H,26,27)(H,28,29). The number of aromatic carboxylic acids is 1. The number of nitrogens with one attached hydrogen (secondary N) is 1. The Bertz CT molecular complexity index is 846. The lowest BCUT2D eigenvalue weighted by molar-refractivity contribution is -0.140. The third-order valence-corrected chi connectivity index (χ3v) is 4.61. The molecule has 2 unspecified atom stereocenters. The Morgan fingerprint density at radius 3 is 2.41 bits per heavy atom. The van der Waals surface area contributed by atoms with Gasteiger partial charge in [-0.25, -0.2) is 9.78 Å². The van der Waals surface area contributed by atoms with E-state index in [2.05, 4.69) is 10.3 Å². The van der Waals surface area contributed by atoms with Crippen LogP contribution in [0.25, 0.3) is 0 Å². The molecular formula is C20H25N3O6. The van der Waals surface area contributed by atoms with Crippen molar-refractivity contribution in [1.82, 2.24) is 14.9 Å². The van der Waals surface area contributed by atoms with Crippen LogP contribution in [0.4, 0.5) is 0 Å². The second-order valence-corrected chi connectivity index (χ2v) is 7.06. The molecule has 0 radical (unpaired) electrons. The molecule has 0 saturated heterocycles. The van der Waals surface area contributed by atoms with Gasteiger partial charge in [0, 0.05) is 31.3 Å². The Hall–Kier alpha value is -3.20. The van der Waals surface area contributed by atoms with Gasteiger partial charge in [-0.1, -0.05) is 19.1 Å². The van der Waals surface area contributed by atoms with Gasteiger partial charge in [-0.3, -0.25) is 9.59 Å². The Labute approximate surface area is 168 Å². The number of nitrogens with zero attached hydrogens (tertiary/aromatic N) is 2. The summed E-state index contributed by atoms with van der Waals surface area (Å²) in [6.07, 6.45) is 4.04. The molecule has 9 nitrogen and oxygen atoms in total. The second kappa shape index (κ2) is 10.4. The molecular weight excluding hydrogens is 378 g/mol. The van der Waals surface area contributed by atoms with E-state index in [4.69, 9.17) is 10.2 Å². The Morgan fingerprint density at radius 1 is 1.14 bits per heavy atom. The summed E-state index contributed by atoms with van der Waals surface area (Å²) in [5.41, 5.74) is 1.80. The van der Waals surface area contributed by atoms with Crippen molar-refractivity contribution in [3.63, 3.8) is 0 Å². The van der Waals surface area contributed by atoms with Crippen LogP contribution in [0, 0.1) is 5.92 Å². The van der Waals surface area contributed by atoms with E-state index in [0.717, 1.165) is 11.3 Å². The summed E-state index contributed by atoms with van der Waals surface area (Å²) in [4.78, 5) is 37.4. The molecule has 29 heavy (non-hydrogen) atoms. The molecule has 0 amide bonds. The lowest BCUT2D eigenvalue weighted by Gasteiger charge is -2.17. The molecule has 2 rings (SSSR count). The Morgan fingerprint density at radius 2 is 1.83 bits per heavy atom. The normalized spacial score (nSPS) is 13.0. The first-order valence-corrected chi connectivity index (χ1v) is 9.25. The van der Waals surface area contributed by atoms with E-state index >= 15 is 0 Å². The van der Waals surface area contributed by atoms with Crippen molar-refractivity contribution < 1.29 is 29.7 Å². The molecule has 0 aliphatic rings. The van der Waals surface area contributed by atoms with Crippen LogP contribution >= 0.6 is 0 Å². The lowest BCUT2D eigenvalue weighted by Crippen LogP contribution is -2.40. The highest BCUT2D eigenvalue weighted by Gasteiger charge is 2.20. The Kier molecular flexibility index (Phi) is 7.90. The smallest absolute Gasteiger partial charge is 0.335 e. The highest BCUT2D eigenvalue weighted by atomic mass is 16.4. The molecule has 4 N–H and O–H groups in total. The minimum atomic E-state index is -0.993. The van der Waals surface area contributed by atoms with Gasteiger partial charge in [0.05, 0.1) is 11.9 Å². The summed E-state index contributed by atoms with van der Waals surface area (Å²) < 4.78 is 1.82. The van der Waals surface area contributed by atoms with Crippen molar-refractivity contribution in [3.8, 4) is 0 Å². The van der Waals surface area contributed by atoms with Crippen LogP contribution in [0.5, 0.6) is 0 Å². The molecule has 1 heterocycles. The van der Waals surface area contributed by atoms with Crippen LogP contribution in [0.2, 0.25) is 0 Å². The van der Waals surface area contributed by atoms with Gasteiger partial charge in [0.1, 0.15) is 6.04 Å². The number of hydrogen-bond acceptors (Lipinski definition) is 5. The highest BCUT2D eigenvalue weighted by molar-refractivity contribution is 5.87. The van der Waals surface area contributed by atoms with E-state index in [0.29, 0.717) is 19.5 Å². The fraction of sp³-hybridized carbons (Fsp3) is 0.400. The van der Waals surface area contributed by atoms with Gasteiger partial charge < -0.3 is 25.2 Å². The third-order valence-electron chi connectivity index (χ3n) is 4.61. The first-order valence-electron chi connectivity index (χ1n) is 9.25. The van der Waals surface area contributed by atoms with Crippen LogP contribution in [-0.4, -0.2) is 55.4 Å². The van der Waals surface area contributed by atoms with Gasteiger partial charge in [0.15, 0.2) is 0 Å². The maximum Gasteiger partial charge on any atom is 0.335 e. The van der Waals surface area contributed by atoms with E-state index in [-0.39, 0.29) is 24.3 Å². The molecule has 0 fully saturated rings. The average molecular weight is 403 g/mol. The summed E-state index contributed by atoms with van der Waals surface area (Å²) in [6.45, 7) is 2.66. The predicted molar refractivity (Wildman–Crippen MR) is 104 cm³/mol. The number of rotatable bonds is 12. The number of aromatic nitrogens is 2. The molecule has 9 heteroatoms. The van der Waals surface area contributed by atoms with Gasteiger partial charge in [0.2, 0.25) is 0 Å². The fourth-order valence-electron chi connectivity index (χ4n) is 2.97. The molecule has 0 aliphatic heterocycles. The van der Waals surface area contributed by atoms with E-state index in [1.54, 1.807) is 24.7 Å². The molecule has 1 aromatic heterocycles. The zero-order valence-electron chi connectivity index (χ0n) is 16.1. The fourth-order valence-corrected chi connectivity index (χ4v) is 2.97. The summed E-state index contributed by atoms with van der Waals surface area (Å²) >= 11 is 0. The number of carbonyl (C=O) groups is 3. The van der Waals surface area contributed by atoms with E-state index in [1.807, 2.05) is 11.5 Å². The zero-order chi connectivity index (χ0) is 21.4. The predicted octanol–water partition coefficient (Wildman–Crippen LogP) is 1.72. The second-order valence-electron chi connectivity index (χ2n) is 7.06. The molecule has 2 atom stereocenters. The largest absolute Gasteiger partial charge is 0.481 e. The molecule has 1 aromatic carbocycles. The number of carboxylic acids is 3. The summed E-state index contributed by atoms with van der Waals surface area (Å²) in [5, 5.41) is 30.2. The SMILES string of the molecule is CC(CCNC(Cc1cncn1Cc1ccc(C(=O)O)cc1)C(=O)O)CC(=O)O. The van der Waals surface area contributed by atoms with Crippen LogP contribution in [0.15, 0.2) is 36.8 Å². The van der Waals surface area contributed by atoms with Crippen molar-refractivity contribution in [2.45, 2.75) is 38.8 Å². The van der Waals surface area contributed by atoms with Crippen molar-refractivity contribution in [1.29, 1.82) is 0 Å². The van der Waals surface area contributed by atoms with Gasteiger partial charge >= 0.3 is 17.9 Å². The molecule has 0 aliphatic carbocycles. The van der Waals surface area contributed by atoms with Crippen molar-refractivity contribution in [2.24, 2.45) is 5.92 Å². The van der Waals surface area contributed by atoms with Crippen molar-refractivity contribution in [3.05, 3.63) is 53.6 Å². The van der Waals surface area contributed by atoms with Gasteiger partial charge in [0.25, 0.3) is 0 Å². The number of carboxylic acid groups (broad SMARTS) is 3. The lowest BCUT2D eigenvalue weighted by atomic mass is 10.0. The molecule has 156 valence electrons. The van der Waals surface area contributed by atoms with Crippen molar-refractivity contribution >= 4 is 17.9 Å². The molecule has 0 bridgehead atoms. The van der Waals surface area contributed by atoms with E-state index < -0.39 is 23.9 Å². The van der Waals surface area contributed by atoms with Crippen molar-refractivity contribution in [2.75, 3.05) is 6.54 Å². The minimum Gasteiger partial charge on any atom is -0.481 e. The highest BCUT2D eigenvalue weighted by Crippen LogP contribution is 2.11. The van der Waals surface area contributed by atoms with Gasteiger partial charge in [-0.2, -0.15) is 0 Å². The van der Waals surface area contributed by atoms with E-state index in [1.165, 1.54) is 12.1 Å². The summed E-state index contributed by atoms with van der Waals surface area (Å²) in [7, 11) is 0. The number of imidazole rings is 1. The zero-order valence-corrected chi connectivity index (χ0v) is 16.1. The first-order chi connectivity index (χ1) is 13.8. The molecule has 0 spiro atoms. The maximum absolute atomic E-state index is 11.6. The quantitative estimate of drug-likeness (QED) is 0.420. The molecule has 0 saturated carbocycles. The van der Waals surface area contributed by atoms with Crippen LogP contribution in [0.1, 0.15) is 41.4 Å². The van der Waals surface area contributed by atoms with Crippen LogP contribution in [-0.2, 0) is 22.6 Å². The van der Waals surface area contributed by atoms with E-state index in [9.17, 15) is 19.5 Å². The topological polar surface area (TPSA) is 142 Å². The van der Waals surface area contributed by atoms with Gasteiger partial charge in [-0.05, 0) is 36.6 Å². The van der Waals surface area contributed by atoms with Gasteiger partial charge in [-0.15, -0.1) is 0 Å². The summed E-state index contributed by atoms with van der Waals surface area (Å²) in [6, 6.07) is 5.65. The number of hydrogen-bond donors (Lipinski definition) is 4. The maximum atomic E-state index is 11.6. The minimum absolute atomic E-state index is 0.0475. The number of aliphatic carboxylic acids is 2. The van der Waals surface area contributed by atoms with Crippen LogP contribution in [0.3, 0.4) is 0 Å². The van der Waals surface area contributed by atoms with Crippen LogP contribution < -0.4 is 5.32 Å². The Balaban J connectivity index is 1.97. The first kappa shape index (κ1) is 22.1. The monoisotopic (exact) mass is 403 g/mol. The summed E-state index contributed by atoms with van der Waals surface area (Å²) in [5.74, 6) is -2.90. The average Bonchev–Trinajstić information content (AvgIpc) is 3.07. The molecule has 2 aromatic rings. The number of benzene rings is 1. The third kappa shape index (κ3) is 7.04.